The van der Waals surface area contributed by atoms with Gasteiger partial charge in [-0.2, -0.15) is 0 Å². The van der Waals surface area contributed by atoms with Gasteiger partial charge in [-0.05, 0) is 37.8 Å². The van der Waals surface area contributed by atoms with E-state index >= 15 is 0 Å². The molecule has 0 aliphatic carbocycles. The third kappa shape index (κ3) is 10.5. The average Bonchev–Trinajstić information content (AvgIpc) is 2.75. The molecule has 0 radical (unpaired) electrons. The molecule has 0 fully saturated rings. The maximum atomic E-state index is 12.5. The molecule has 0 saturated carbocycles. The minimum atomic E-state index is -4.82. The van der Waals surface area contributed by atoms with Crippen LogP contribution in [0.15, 0.2) is 55.0 Å². The molecule has 0 saturated heterocycles. The van der Waals surface area contributed by atoms with Gasteiger partial charge in [0, 0.05) is 5.56 Å². The van der Waals surface area contributed by atoms with E-state index in [0.29, 0.717) is 0 Å². The number of ether oxygens (including phenoxy) is 2. The van der Waals surface area contributed by atoms with E-state index in [1.54, 1.807) is 42.5 Å². The molecule has 0 spiro atoms. The van der Waals surface area contributed by atoms with Gasteiger partial charge in [0.25, 0.3) is 0 Å². The second-order valence-electron chi connectivity index (χ2n) is 7.88. The monoisotopic (exact) mass is 452 g/mol. The first-order valence-electron chi connectivity index (χ1n) is 11.7. The predicted molar refractivity (Wildman–Crippen MR) is 127 cm³/mol. The summed E-state index contributed by atoms with van der Waals surface area (Å²) >= 11 is 0. The van der Waals surface area contributed by atoms with Crippen LogP contribution >= 0.6 is 7.60 Å². The van der Waals surface area contributed by atoms with Crippen LogP contribution in [0.5, 0.6) is 0 Å². The summed E-state index contributed by atoms with van der Waals surface area (Å²) in [7, 11) is -4.82. The number of rotatable bonds is 18. The van der Waals surface area contributed by atoms with Crippen molar-refractivity contribution in [2.45, 2.75) is 96.4 Å². The zero-order valence-electron chi connectivity index (χ0n) is 19.2. The summed E-state index contributed by atoms with van der Waals surface area (Å²) in [5, 5.41) is 0. The van der Waals surface area contributed by atoms with Crippen LogP contribution in [0.4, 0.5) is 0 Å². The van der Waals surface area contributed by atoms with Crippen LogP contribution < -0.4 is 0 Å². The Hall–Kier alpha value is -1.55. The number of hydrogen-bond donors (Lipinski definition) is 2. The summed E-state index contributed by atoms with van der Waals surface area (Å²) in [4.78, 5) is 20.3. The second kappa shape index (κ2) is 16.1. The lowest BCUT2D eigenvalue weighted by atomic mass is 10.1. The Morgan fingerprint density at radius 3 is 1.65 bits per heavy atom. The molecule has 6 heteroatoms. The fraction of sp³-hybridized carbons (Fsp3) is 0.600. The van der Waals surface area contributed by atoms with E-state index in [0.717, 1.165) is 38.5 Å². The van der Waals surface area contributed by atoms with Gasteiger partial charge >= 0.3 is 13.1 Å². The van der Waals surface area contributed by atoms with Gasteiger partial charge in [0.1, 0.15) is 0 Å². The molecule has 0 amide bonds. The van der Waals surface area contributed by atoms with Gasteiger partial charge in [-0.25, -0.2) is 0 Å². The van der Waals surface area contributed by atoms with Crippen molar-refractivity contribution in [1.29, 1.82) is 0 Å². The van der Waals surface area contributed by atoms with Crippen LogP contribution in [0, 0.1) is 0 Å². The molecule has 1 aromatic rings. The molecule has 0 heterocycles. The first-order valence-corrected chi connectivity index (χ1v) is 13.4. The van der Waals surface area contributed by atoms with Gasteiger partial charge in [0.05, 0.1) is 12.5 Å². The van der Waals surface area contributed by atoms with Gasteiger partial charge < -0.3 is 19.3 Å². The van der Waals surface area contributed by atoms with Gasteiger partial charge in [0.15, 0.2) is 0 Å². The quantitative estimate of drug-likeness (QED) is 0.103. The molecule has 1 rings (SSSR count). The van der Waals surface area contributed by atoms with Gasteiger partial charge in [0.2, 0.25) is 0 Å². The lowest BCUT2D eigenvalue weighted by molar-refractivity contribution is -0.126. The van der Waals surface area contributed by atoms with Crippen molar-refractivity contribution in [2.24, 2.45) is 0 Å². The molecule has 0 bridgehead atoms. The van der Waals surface area contributed by atoms with E-state index in [-0.39, 0.29) is 5.56 Å². The lowest BCUT2D eigenvalue weighted by Crippen LogP contribution is -2.30. The second-order valence-corrected chi connectivity index (χ2v) is 9.55. The highest BCUT2D eigenvalue weighted by Gasteiger charge is 2.53. The fourth-order valence-electron chi connectivity index (χ4n) is 3.27. The number of hydrogen-bond acceptors (Lipinski definition) is 3. The summed E-state index contributed by atoms with van der Waals surface area (Å²) in [5.74, 6) is 0. The molecule has 0 aromatic heterocycles. The van der Waals surface area contributed by atoms with E-state index in [1.165, 1.54) is 51.0 Å². The van der Waals surface area contributed by atoms with Gasteiger partial charge in [-0.1, -0.05) is 95.5 Å². The van der Waals surface area contributed by atoms with Crippen molar-refractivity contribution in [3.8, 4) is 0 Å². The molecule has 2 N–H and O–H groups in total. The maximum absolute atomic E-state index is 12.5. The van der Waals surface area contributed by atoms with Gasteiger partial charge in [-0.15, -0.1) is 0 Å². The van der Waals surface area contributed by atoms with Gasteiger partial charge in [-0.3, -0.25) is 4.57 Å². The van der Waals surface area contributed by atoms with Crippen LogP contribution in [-0.4, -0.2) is 9.79 Å². The average molecular weight is 453 g/mol. The predicted octanol–water partition coefficient (Wildman–Crippen LogP) is 7.76. The summed E-state index contributed by atoms with van der Waals surface area (Å²) in [6, 6.07) is 8.42. The lowest BCUT2D eigenvalue weighted by Gasteiger charge is -2.32. The van der Waals surface area contributed by atoms with E-state index in [4.69, 9.17) is 9.47 Å². The zero-order chi connectivity index (χ0) is 22.8. The van der Waals surface area contributed by atoms with Crippen LogP contribution in [0.2, 0.25) is 0 Å². The summed E-state index contributed by atoms with van der Waals surface area (Å²) in [5.41, 5.74) is -1.91. The van der Waals surface area contributed by atoms with Crippen LogP contribution in [-0.2, 0) is 19.6 Å². The highest BCUT2D eigenvalue weighted by molar-refractivity contribution is 7.52. The third-order valence-electron chi connectivity index (χ3n) is 5.12. The Kier molecular flexibility index (Phi) is 14.3. The van der Waals surface area contributed by atoms with E-state index in [9.17, 15) is 14.4 Å². The molecular formula is C25H41O5P. The van der Waals surface area contributed by atoms with Crippen molar-refractivity contribution < 1.29 is 23.8 Å². The standard InChI is InChI=1S/C25H41O5P/c1-3-5-7-9-11-13-18-22-29-25(31(26,27)28,24-20-16-15-17-21-24)30-23-19-14-12-10-8-6-4-2/h15-23H,3-14H2,1-2H3,(H2,26,27,28). The summed E-state index contributed by atoms with van der Waals surface area (Å²) in [6.07, 6.45) is 19.5. The van der Waals surface area contributed by atoms with E-state index in [1.807, 2.05) is 0 Å². The topological polar surface area (TPSA) is 76.0 Å². The molecule has 0 aliphatic heterocycles. The maximum Gasteiger partial charge on any atom is 0.415 e. The molecule has 0 atom stereocenters. The number of benzene rings is 1. The Bertz CT molecular complexity index is 640. The normalized spacial score (nSPS) is 14.2. The molecule has 176 valence electrons. The van der Waals surface area contributed by atoms with E-state index < -0.39 is 13.1 Å². The van der Waals surface area contributed by atoms with Crippen LogP contribution in [0.25, 0.3) is 0 Å². The van der Waals surface area contributed by atoms with E-state index in [2.05, 4.69) is 13.8 Å². The van der Waals surface area contributed by atoms with Crippen molar-refractivity contribution in [2.75, 3.05) is 0 Å². The Morgan fingerprint density at radius 1 is 0.774 bits per heavy atom. The Labute approximate surface area is 188 Å². The highest BCUT2D eigenvalue weighted by atomic mass is 31.2. The Balaban J connectivity index is 2.80. The molecule has 0 unspecified atom stereocenters. The SMILES string of the molecule is CCCCCCCC=COC(OC=CCCCCCCC)(c1ccccc1)P(=O)(O)O. The minimum absolute atomic E-state index is 0.281. The zero-order valence-corrected chi connectivity index (χ0v) is 20.1. The van der Waals surface area contributed by atoms with Crippen molar-refractivity contribution in [1.82, 2.24) is 0 Å². The highest BCUT2D eigenvalue weighted by Crippen LogP contribution is 2.58. The van der Waals surface area contributed by atoms with Crippen molar-refractivity contribution in [3.63, 3.8) is 0 Å². The number of unbranched alkanes of at least 4 members (excludes halogenated alkanes) is 10. The first kappa shape index (κ1) is 27.5. The van der Waals surface area contributed by atoms with Crippen molar-refractivity contribution >= 4 is 7.60 Å². The smallest absolute Gasteiger partial charge is 0.415 e. The Morgan fingerprint density at radius 2 is 1.23 bits per heavy atom. The molecule has 5 nitrogen and oxygen atoms in total. The summed E-state index contributed by atoms with van der Waals surface area (Å²) in [6.45, 7) is 4.36. The largest absolute Gasteiger partial charge is 0.447 e. The fourth-order valence-corrected chi connectivity index (χ4v) is 4.15. The number of allylic oxidation sites excluding steroid dienone is 2. The minimum Gasteiger partial charge on any atom is -0.447 e. The first-order chi connectivity index (χ1) is 15.0. The summed E-state index contributed by atoms with van der Waals surface area (Å²) < 4.78 is 23.8. The molecule has 1 aromatic carbocycles. The van der Waals surface area contributed by atoms with Crippen LogP contribution in [0.3, 0.4) is 0 Å². The van der Waals surface area contributed by atoms with Crippen LogP contribution in [0.1, 0.15) is 96.5 Å². The molecule has 31 heavy (non-hydrogen) atoms. The molecule has 0 aliphatic rings. The van der Waals surface area contributed by atoms with Crippen molar-refractivity contribution in [3.05, 3.63) is 60.6 Å². The third-order valence-corrected chi connectivity index (χ3v) is 6.35. The molecular weight excluding hydrogens is 411 g/mol.